The summed E-state index contributed by atoms with van der Waals surface area (Å²) < 4.78 is 0. The minimum Gasteiger partial charge on any atom is -0.358 e. The number of aromatic amines is 1. The zero-order valence-corrected chi connectivity index (χ0v) is 12.0. The van der Waals surface area contributed by atoms with Crippen LogP contribution in [0.1, 0.15) is 11.3 Å². The first-order chi connectivity index (χ1) is 9.83. The summed E-state index contributed by atoms with van der Waals surface area (Å²) in [5, 5.41) is 4.53. The molecule has 3 heterocycles. The van der Waals surface area contributed by atoms with Crippen molar-refractivity contribution in [1.82, 2.24) is 15.2 Å². The molecule has 4 nitrogen and oxygen atoms in total. The van der Waals surface area contributed by atoms with Gasteiger partial charge in [-0.3, -0.25) is 10.1 Å². The zero-order chi connectivity index (χ0) is 13.5. The number of nitrogens with zero attached hydrogens (tertiary/aromatic N) is 1. The monoisotopic (exact) mass is 287 g/mol. The Labute approximate surface area is 121 Å². The molecule has 2 aromatic rings. The van der Waals surface area contributed by atoms with Crippen molar-refractivity contribution in [3.8, 4) is 0 Å². The molecular weight excluding hydrogens is 270 g/mol. The van der Waals surface area contributed by atoms with E-state index in [1.54, 1.807) is 11.8 Å². The molecule has 1 aromatic carbocycles. The minimum atomic E-state index is 0.00626. The molecule has 2 N–H and O–H groups in total. The van der Waals surface area contributed by atoms with E-state index in [0.29, 0.717) is 0 Å². The Bertz CT molecular complexity index is 660. The van der Waals surface area contributed by atoms with Crippen molar-refractivity contribution in [2.75, 3.05) is 18.2 Å². The van der Waals surface area contributed by atoms with Crippen LogP contribution in [0.5, 0.6) is 0 Å². The maximum atomic E-state index is 12.5. The van der Waals surface area contributed by atoms with Crippen LogP contribution in [-0.2, 0) is 17.8 Å². The molecule has 0 spiro atoms. The number of nitrogens with one attached hydrogen (secondary N) is 2. The Kier molecular flexibility index (Phi) is 2.97. The molecule has 0 aliphatic carbocycles. The van der Waals surface area contributed by atoms with Crippen molar-refractivity contribution in [2.45, 2.75) is 19.0 Å². The Morgan fingerprint density at radius 1 is 1.35 bits per heavy atom. The average molecular weight is 287 g/mol. The van der Waals surface area contributed by atoms with Gasteiger partial charge in [-0.2, -0.15) is 0 Å². The second-order valence-electron chi connectivity index (χ2n) is 5.41. The standard InChI is InChI=1S/C15H17N3OS/c19-15(14-8-20-9-16-14)18-6-5-13-11(7-18)10-3-1-2-4-12(10)17-13/h1-4,14,16-17H,5-9H2. The van der Waals surface area contributed by atoms with Gasteiger partial charge in [-0.15, -0.1) is 11.8 Å². The number of fused-ring (bicyclic) bond motifs is 3. The number of rotatable bonds is 1. The van der Waals surface area contributed by atoms with Gasteiger partial charge in [0.2, 0.25) is 5.91 Å². The van der Waals surface area contributed by atoms with Crippen molar-refractivity contribution < 1.29 is 4.79 Å². The van der Waals surface area contributed by atoms with E-state index in [4.69, 9.17) is 0 Å². The van der Waals surface area contributed by atoms with Crippen molar-refractivity contribution in [1.29, 1.82) is 0 Å². The fourth-order valence-corrected chi connectivity index (χ4v) is 4.06. The maximum absolute atomic E-state index is 12.5. The van der Waals surface area contributed by atoms with Gasteiger partial charge in [0.15, 0.2) is 0 Å². The molecule has 5 heteroatoms. The summed E-state index contributed by atoms with van der Waals surface area (Å²) >= 11 is 1.80. The molecule has 1 aromatic heterocycles. The van der Waals surface area contributed by atoms with Crippen LogP contribution in [0, 0.1) is 0 Å². The molecule has 1 unspecified atom stereocenters. The second kappa shape index (κ2) is 4.82. The van der Waals surface area contributed by atoms with E-state index < -0.39 is 0 Å². The summed E-state index contributed by atoms with van der Waals surface area (Å²) in [6.07, 6.45) is 0.926. The van der Waals surface area contributed by atoms with Crippen LogP contribution in [-0.4, -0.2) is 40.0 Å². The second-order valence-corrected chi connectivity index (χ2v) is 6.44. The van der Waals surface area contributed by atoms with Crippen molar-refractivity contribution >= 4 is 28.6 Å². The molecular formula is C15H17N3OS. The van der Waals surface area contributed by atoms with Crippen molar-refractivity contribution in [3.05, 3.63) is 35.5 Å². The van der Waals surface area contributed by atoms with Gasteiger partial charge in [0.1, 0.15) is 0 Å². The van der Waals surface area contributed by atoms with E-state index in [0.717, 1.165) is 31.1 Å². The number of H-pyrrole nitrogens is 1. The molecule has 2 aliphatic heterocycles. The Morgan fingerprint density at radius 3 is 3.10 bits per heavy atom. The highest BCUT2D eigenvalue weighted by Gasteiger charge is 2.30. The van der Waals surface area contributed by atoms with Gasteiger partial charge in [-0.05, 0) is 6.07 Å². The lowest BCUT2D eigenvalue weighted by atomic mass is 10.0. The third-order valence-corrected chi connectivity index (χ3v) is 5.15. The number of hydrogen-bond acceptors (Lipinski definition) is 3. The molecule has 4 rings (SSSR count). The fraction of sp³-hybridized carbons (Fsp3) is 0.400. The first-order valence-corrected chi connectivity index (χ1v) is 8.17. The molecule has 0 saturated carbocycles. The summed E-state index contributed by atoms with van der Waals surface area (Å²) in [5.41, 5.74) is 3.77. The highest BCUT2D eigenvalue weighted by Crippen LogP contribution is 2.28. The van der Waals surface area contributed by atoms with Crippen molar-refractivity contribution in [2.24, 2.45) is 0 Å². The number of thioether (sulfide) groups is 1. The van der Waals surface area contributed by atoms with Crippen LogP contribution in [0.2, 0.25) is 0 Å². The van der Waals surface area contributed by atoms with Gasteiger partial charge in [0.25, 0.3) is 0 Å². The van der Waals surface area contributed by atoms with Gasteiger partial charge in [-0.1, -0.05) is 18.2 Å². The lowest BCUT2D eigenvalue weighted by molar-refractivity contribution is -0.133. The molecule has 20 heavy (non-hydrogen) atoms. The van der Waals surface area contributed by atoms with Crippen molar-refractivity contribution in [3.63, 3.8) is 0 Å². The van der Waals surface area contributed by atoms with Crippen LogP contribution in [0.3, 0.4) is 0 Å². The topological polar surface area (TPSA) is 48.1 Å². The summed E-state index contributed by atoms with van der Waals surface area (Å²) in [7, 11) is 0. The molecule has 2 aliphatic rings. The predicted octanol–water partition coefficient (Wildman–Crippen LogP) is 1.72. The largest absolute Gasteiger partial charge is 0.358 e. The number of carbonyl (C=O) groups excluding carboxylic acids is 1. The molecule has 1 saturated heterocycles. The van der Waals surface area contributed by atoms with Crippen LogP contribution in [0.25, 0.3) is 10.9 Å². The lowest BCUT2D eigenvalue weighted by Crippen LogP contribution is -2.46. The van der Waals surface area contributed by atoms with E-state index in [2.05, 4.69) is 28.5 Å². The number of para-hydroxylation sites is 1. The number of carbonyl (C=O) groups is 1. The van der Waals surface area contributed by atoms with Gasteiger partial charge in [-0.25, -0.2) is 0 Å². The number of benzene rings is 1. The highest BCUT2D eigenvalue weighted by molar-refractivity contribution is 7.99. The van der Waals surface area contributed by atoms with E-state index in [-0.39, 0.29) is 11.9 Å². The molecule has 1 fully saturated rings. The summed E-state index contributed by atoms with van der Waals surface area (Å²) in [6, 6.07) is 8.36. The smallest absolute Gasteiger partial charge is 0.240 e. The van der Waals surface area contributed by atoms with Gasteiger partial charge in [0.05, 0.1) is 6.04 Å². The minimum absolute atomic E-state index is 0.00626. The fourth-order valence-electron chi connectivity index (χ4n) is 3.13. The Morgan fingerprint density at radius 2 is 2.25 bits per heavy atom. The van der Waals surface area contributed by atoms with Crippen LogP contribution >= 0.6 is 11.8 Å². The third-order valence-electron chi connectivity index (χ3n) is 4.21. The zero-order valence-electron chi connectivity index (χ0n) is 11.2. The molecule has 1 amide bonds. The first-order valence-electron chi connectivity index (χ1n) is 7.01. The highest BCUT2D eigenvalue weighted by atomic mass is 32.2. The summed E-state index contributed by atoms with van der Waals surface area (Å²) in [4.78, 5) is 18.0. The third kappa shape index (κ3) is 1.93. The molecule has 0 radical (unpaired) electrons. The summed E-state index contributed by atoms with van der Waals surface area (Å²) in [6.45, 7) is 1.56. The van der Waals surface area contributed by atoms with Crippen LogP contribution < -0.4 is 5.32 Å². The first kappa shape index (κ1) is 12.3. The predicted molar refractivity (Wildman–Crippen MR) is 81.7 cm³/mol. The number of amides is 1. The van der Waals surface area contributed by atoms with Gasteiger partial charge < -0.3 is 9.88 Å². The number of aromatic nitrogens is 1. The lowest BCUT2D eigenvalue weighted by Gasteiger charge is -2.29. The van der Waals surface area contributed by atoms with E-state index >= 15 is 0 Å². The SMILES string of the molecule is O=C(C1CSCN1)N1CCc2[nH]c3ccccc3c2C1. The Balaban J connectivity index is 1.63. The van der Waals surface area contributed by atoms with E-state index in [1.807, 2.05) is 11.0 Å². The van der Waals surface area contributed by atoms with Crippen LogP contribution in [0.15, 0.2) is 24.3 Å². The van der Waals surface area contributed by atoms with Gasteiger partial charge in [0, 0.05) is 53.3 Å². The van der Waals surface area contributed by atoms with E-state index in [1.165, 1.54) is 22.2 Å². The quantitative estimate of drug-likeness (QED) is 0.839. The molecule has 0 bridgehead atoms. The molecule has 1 atom stereocenters. The van der Waals surface area contributed by atoms with Gasteiger partial charge >= 0.3 is 0 Å². The Hall–Kier alpha value is -1.46. The maximum Gasteiger partial charge on any atom is 0.240 e. The summed E-state index contributed by atoms with van der Waals surface area (Å²) in [5.74, 6) is 2.05. The normalized spacial score (nSPS) is 22.2. The van der Waals surface area contributed by atoms with Crippen LogP contribution in [0.4, 0.5) is 0 Å². The molecule has 104 valence electrons. The average Bonchev–Trinajstić information content (AvgIpc) is 3.13. The van der Waals surface area contributed by atoms with E-state index in [9.17, 15) is 4.79 Å². The number of hydrogen-bond donors (Lipinski definition) is 2.